The molecule has 0 unspecified atom stereocenters. The van der Waals surface area contributed by atoms with Gasteiger partial charge in [0.15, 0.2) is 0 Å². The van der Waals surface area contributed by atoms with Crippen LogP contribution in [0.1, 0.15) is 18.1 Å². The first kappa shape index (κ1) is 16.9. The number of nitrogens with one attached hydrogen (secondary N) is 1. The molecule has 1 aromatic carbocycles. The molecule has 0 aromatic heterocycles. The van der Waals surface area contributed by atoms with Crippen molar-refractivity contribution in [2.75, 3.05) is 6.54 Å². The summed E-state index contributed by atoms with van der Waals surface area (Å²) < 4.78 is 25.9. The number of nitrogens with two attached hydrogens (primary N) is 1. The summed E-state index contributed by atoms with van der Waals surface area (Å²) in [5.41, 5.74) is 6.38. The van der Waals surface area contributed by atoms with Gasteiger partial charge in [0, 0.05) is 12.6 Å². The van der Waals surface area contributed by atoms with Gasteiger partial charge in [-0.25, -0.2) is 13.1 Å². The summed E-state index contributed by atoms with van der Waals surface area (Å²) in [7, 11) is -3.41. The van der Waals surface area contributed by atoms with Crippen molar-refractivity contribution in [2.45, 2.75) is 18.7 Å². The lowest BCUT2D eigenvalue weighted by molar-refractivity contribution is 0.562. The van der Waals surface area contributed by atoms with Crippen LogP contribution in [0.25, 0.3) is 0 Å². The fraction of sp³-hybridized carbons (Fsp3) is 0.364. The molecule has 3 N–H and O–H groups in total. The maximum atomic E-state index is 11.7. The third-order valence-corrected chi connectivity index (χ3v) is 3.62. The standard InChI is InChI=1S/C11H15N3O2S.ClH/c1-9(6-12)14-17(15,16)8-11-4-2-3-10(5-11)7-13;/h2-5,9,14H,6,8,12H2,1H3;1H/t9-;/m0./s1. The number of nitriles is 1. The van der Waals surface area contributed by atoms with Gasteiger partial charge in [-0.2, -0.15) is 5.26 Å². The predicted molar refractivity (Wildman–Crippen MR) is 72.7 cm³/mol. The minimum absolute atomic E-state index is 0. The molecule has 0 saturated carbocycles. The van der Waals surface area contributed by atoms with E-state index >= 15 is 0 Å². The van der Waals surface area contributed by atoms with E-state index in [9.17, 15) is 8.42 Å². The fourth-order valence-electron chi connectivity index (χ4n) is 1.35. The summed E-state index contributed by atoms with van der Waals surface area (Å²) in [6, 6.07) is 8.21. The maximum Gasteiger partial charge on any atom is 0.216 e. The summed E-state index contributed by atoms with van der Waals surface area (Å²) in [6.07, 6.45) is 0. The first-order valence-corrected chi connectivity index (χ1v) is 6.81. The molecule has 5 nitrogen and oxygen atoms in total. The Hall–Kier alpha value is -1.13. The van der Waals surface area contributed by atoms with Crippen LogP contribution in [0, 0.1) is 11.3 Å². The molecule has 18 heavy (non-hydrogen) atoms. The first-order chi connectivity index (χ1) is 7.96. The van der Waals surface area contributed by atoms with Gasteiger partial charge in [0.1, 0.15) is 0 Å². The van der Waals surface area contributed by atoms with Gasteiger partial charge in [0.25, 0.3) is 0 Å². The van der Waals surface area contributed by atoms with Crippen LogP contribution < -0.4 is 10.5 Å². The van der Waals surface area contributed by atoms with Crippen molar-refractivity contribution in [3.63, 3.8) is 0 Å². The Morgan fingerprint density at radius 3 is 2.72 bits per heavy atom. The molecular weight excluding hydrogens is 274 g/mol. The van der Waals surface area contributed by atoms with Crippen molar-refractivity contribution in [3.05, 3.63) is 35.4 Å². The summed E-state index contributed by atoms with van der Waals surface area (Å²) in [6.45, 7) is 1.95. The highest BCUT2D eigenvalue weighted by atomic mass is 35.5. The molecule has 1 aromatic rings. The Kier molecular flexibility index (Phi) is 6.88. The molecule has 0 spiro atoms. The van der Waals surface area contributed by atoms with Crippen molar-refractivity contribution in [3.8, 4) is 6.07 Å². The van der Waals surface area contributed by atoms with Crippen LogP contribution >= 0.6 is 12.4 Å². The zero-order valence-corrected chi connectivity index (χ0v) is 11.6. The van der Waals surface area contributed by atoms with Gasteiger partial charge in [-0.15, -0.1) is 12.4 Å². The van der Waals surface area contributed by atoms with Crippen LogP contribution in [0.5, 0.6) is 0 Å². The quantitative estimate of drug-likeness (QED) is 0.836. The van der Waals surface area contributed by atoms with Gasteiger partial charge >= 0.3 is 0 Å². The van der Waals surface area contributed by atoms with Crippen molar-refractivity contribution >= 4 is 22.4 Å². The number of rotatable bonds is 5. The molecule has 0 aliphatic carbocycles. The number of benzene rings is 1. The number of hydrogen-bond acceptors (Lipinski definition) is 4. The second-order valence-corrected chi connectivity index (χ2v) is 5.58. The average molecular weight is 290 g/mol. The lowest BCUT2D eigenvalue weighted by atomic mass is 10.2. The van der Waals surface area contributed by atoms with Crippen molar-refractivity contribution < 1.29 is 8.42 Å². The van der Waals surface area contributed by atoms with Crippen LogP contribution in [0.15, 0.2) is 24.3 Å². The van der Waals surface area contributed by atoms with Gasteiger partial charge in [-0.3, -0.25) is 0 Å². The van der Waals surface area contributed by atoms with Crippen molar-refractivity contribution in [1.82, 2.24) is 4.72 Å². The van der Waals surface area contributed by atoms with Crippen LogP contribution in [-0.4, -0.2) is 21.0 Å². The Morgan fingerprint density at radius 1 is 1.50 bits per heavy atom. The smallest absolute Gasteiger partial charge is 0.216 e. The lowest BCUT2D eigenvalue weighted by Gasteiger charge is -2.11. The Labute approximate surface area is 113 Å². The molecule has 0 bridgehead atoms. The molecular formula is C11H16ClN3O2S. The highest BCUT2D eigenvalue weighted by molar-refractivity contribution is 7.88. The topological polar surface area (TPSA) is 96.0 Å². The van der Waals surface area contributed by atoms with E-state index < -0.39 is 10.0 Å². The van der Waals surface area contributed by atoms with Crippen LogP contribution in [-0.2, 0) is 15.8 Å². The monoisotopic (exact) mass is 289 g/mol. The third-order valence-electron chi connectivity index (χ3n) is 2.15. The van der Waals surface area contributed by atoms with E-state index in [1.807, 2.05) is 6.07 Å². The van der Waals surface area contributed by atoms with E-state index in [1.54, 1.807) is 31.2 Å². The zero-order chi connectivity index (χ0) is 12.9. The van der Waals surface area contributed by atoms with E-state index in [-0.39, 0.29) is 30.7 Å². The normalized spacial score (nSPS) is 12.3. The lowest BCUT2D eigenvalue weighted by Crippen LogP contribution is -2.38. The molecule has 1 rings (SSSR count). The molecule has 0 saturated heterocycles. The first-order valence-electron chi connectivity index (χ1n) is 5.16. The molecule has 0 aliphatic rings. The Bertz CT molecular complexity index is 525. The molecule has 0 amide bonds. The van der Waals surface area contributed by atoms with Gasteiger partial charge in [0.2, 0.25) is 10.0 Å². The number of sulfonamides is 1. The Balaban J connectivity index is 0.00000289. The van der Waals surface area contributed by atoms with Gasteiger partial charge in [-0.1, -0.05) is 12.1 Å². The van der Waals surface area contributed by atoms with E-state index in [2.05, 4.69) is 4.72 Å². The summed E-state index contributed by atoms with van der Waals surface area (Å²) in [5, 5.41) is 8.71. The minimum Gasteiger partial charge on any atom is -0.329 e. The summed E-state index contributed by atoms with van der Waals surface area (Å²) in [5.74, 6) is -0.146. The molecule has 0 heterocycles. The van der Waals surface area contributed by atoms with Crippen LogP contribution in [0.4, 0.5) is 0 Å². The molecule has 1 atom stereocenters. The molecule has 0 fully saturated rings. The number of hydrogen-bond donors (Lipinski definition) is 2. The highest BCUT2D eigenvalue weighted by Crippen LogP contribution is 2.08. The maximum absolute atomic E-state index is 11.7. The van der Waals surface area contributed by atoms with Crippen molar-refractivity contribution in [1.29, 1.82) is 5.26 Å². The second kappa shape index (κ2) is 7.34. The molecule has 7 heteroatoms. The average Bonchev–Trinajstić information content (AvgIpc) is 2.27. The largest absolute Gasteiger partial charge is 0.329 e. The summed E-state index contributed by atoms with van der Waals surface area (Å²) >= 11 is 0. The SMILES string of the molecule is C[C@@H](CN)NS(=O)(=O)Cc1cccc(C#N)c1.Cl. The van der Waals surface area contributed by atoms with Gasteiger partial charge < -0.3 is 5.73 Å². The van der Waals surface area contributed by atoms with Crippen LogP contribution in [0.2, 0.25) is 0 Å². The molecule has 0 radical (unpaired) electrons. The molecule has 0 aliphatic heterocycles. The fourth-order valence-corrected chi connectivity index (χ4v) is 2.76. The molecule has 100 valence electrons. The van der Waals surface area contributed by atoms with Crippen molar-refractivity contribution in [2.24, 2.45) is 5.73 Å². The number of halogens is 1. The Morgan fingerprint density at radius 2 is 2.17 bits per heavy atom. The van der Waals surface area contributed by atoms with Crippen LogP contribution in [0.3, 0.4) is 0 Å². The third kappa shape index (κ3) is 5.47. The van der Waals surface area contributed by atoms with Gasteiger partial charge in [-0.05, 0) is 24.6 Å². The zero-order valence-electron chi connectivity index (χ0n) is 9.96. The van der Waals surface area contributed by atoms with E-state index in [4.69, 9.17) is 11.0 Å². The minimum atomic E-state index is -3.41. The van der Waals surface area contributed by atoms with E-state index in [0.717, 1.165) is 0 Å². The number of nitrogens with zero attached hydrogens (tertiary/aromatic N) is 1. The highest BCUT2D eigenvalue weighted by Gasteiger charge is 2.14. The van der Waals surface area contributed by atoms with E-state index in [1.165, 1.54) is 0 Å². The predicted octanol–water partition coefficient (Wildman–Crippen LogP) is 0.747. The van der Waals surface area contributed by atoms with E-state index in [0.29, 0.717) is 11.1 Å². The summed E-state index contributed by atoms with van der Waals surface area (Å²) in [4.78, 5) is 0. The second-order valence-electron chi connectivity index (χ2n) is 3.83. The van der Waals surface area contributed by atoms with Gasteiger partial charge in [0.05, 0.1) is 17.4 Å².